The van der Waals surface area contributed by atoms with E-state index in [9.17, 15) is 24.0 Å². The van der Waals surface area contributed by atoms with Crippen LogP contribution in [0.4, 0.5) is 9.59 Å². The van der Waals surface area contributed by atoms with Crippen molar-refractivity contribution in [2.24, 2.45) is 0 Å². The summed E-state index contributed by atoms with van der Waals surface area (Å²) in [6.07, 6.45) is 5.04. The highest BCUT2D eigenvalue weighted by molar-refractivity contribution is 5.92. The van der Waals surface area contributed by atoms with Crippen molar-refractivity contribution >= 4 is 30.0 Å². The lowest BCUT2D eigenvalue weighted by molar-refractivity contribution is -0.154. The number of hydrogen-bond donors (Lipinski definition) is 4. The molecule has 0 bridgehead atoms. The van der Waals surface area contributed by atoms with Crippen molar-refractivity contribution in [2.75, 3.05) is 19.7 Å². The van der Waals surface area contributed by atoms with E-state index in [0.717, 1.165) is 66.3 Å². The zero-order chi connectivity index (χ0) is 41.9. The lowest BCUT2D eigenvalue weighted by Gasteiger charge is -2.25. The van der Waals surface area contributed by atoms with Crippen molar-refractivity contribution in [1.29, 1.82) is 0 Å². The minimum atomic E-state index is -1.07. The minimum Gasteiger partial charge on any atom is -0.461 e. The largest absolute Gasteiger partial charge is 0.461 e. The number of ether oxygens (including phenoxy) is 3. The number of nitrogens with one attached hydrogen (secondary N) is 4. The molecule has 0 fully saturated rings. The van der Waals surface area contributed by atoms with Crippen LogP contribution in [-0.2, 0) is 35.0 Å². The van der Waals surface area contributed by atoms with Gasteiger partial charge in [0.1, 0.15) is 36.9 Å². The van der Waals surface area contributed by atoms with Crippen LogP contribution in [0.3, 0.4) is 0 Å². The molecule has 314 valence electrons. The van der Waals surface area contributed by atoms with Crippen LogP contribution in [0.2, 0.25) is 0 Å². The topological polar surface area (TPSA) is 161 Å². The van der Waals surface area contributed by atoms with Crippen LogP contribution in [0.15, 0.2) is 78.9 Å². The second-order valence-corrected chi connectivity index (χ2v) is 15.8. The van der Waals surface area contributed by atoms with E-state index in [1.54, 1.807) is 20.8 Å². The molecule has 0 radical (unpaired) electrons. The molecule has 4 amide bonds. The highest BCUT2D eigenvalue weighted by Gasteiger charge is 2.31. The Labute approximate surface area is 343 Å². The molecule has 12 nitrogen and oxygen atoms in total. The summed E-state index contributed by atoms with van der Waals surface area (Å²) in [5.41, 5.74) is 4.51. The average Bonchev–Trinajstić information content (AvgIpc) is 3.52. The van der Waals surface area contributed by atoms with Gasteiger partial charge < -0.3 is 35.5 Å². The third-order valence-corrected chi connectivity index (χ3v) is 9.90. The number of carbonyl (C=O) groups excluding carboxylic acids is 5. The monoisotopic (exact) mass is 798 g/mol. The zero-order valence-corrected chi connectivity index (χ0v) is 34.8. The summed E-state index contributed by atoms with van der Waals surface area (Å²) in [4.78, 5) is 66.0. The van der Waals surface area contributed by atoms with Crippen molar-refractivity contribution in [3.05, 3.63) is 95.6 Å². The van der Waals surface area contributed by atoms with Crippen LogP contribution < -0.4 is 21.3 Å². The predicted molar refractivity (Wildman–Crippen MR) is 224 cm³/mol. The number of rotatable bonds is 22. The number of benzene rings is 3. The zero-order valence-electron chi connectivity index (χ0n) is 34.8. The van der Waals surface area contributed by atoms with Crippen molar-refractivity contribution in [3.63, 3.8) is 0 Å². The van der Waals surface area contributed by atoms with Crippen LogP contribution in [0.25, 0.3) is 11.1 Å². The lowest BCUT2D eigenvalue weighted by atomic mass is 9.98. The van der Waals surface area contributed by atoms with E-state index in [1.165, 1.54) is 0 Å². The fraction of sp³-hybridized carbons (Fsp3) is 0.500. The Bertz CT molecular complexity index is 1740. The molecule has 0 saturated carbocycles. The number of alkyl carbamates (subject to hydrolysis) is 2. The van der Waals surface area contributed by atoms with Gasteiger partial charge >= 0.3 is 18.2 Å². The quantitative estimate of drug-likeness (QED) is 0.0457. The predicted octanol–water partition coefficient (Wildman–Crippen LogP) is 7.72. The van der Waals surface area contributed by atoms with Gasteiger partial charge in [-0.15, -0.1) is 0 Å². The van der Waals surface area contributed by atoms with Gasteiger partial charge in [-0.2, -0.15) is 0 Å². The average molecular weight is 799 g/mol. The Balaban J connectivity index is 1.39. The van der Waals surface area contributed by atoms with E-state index >= 15 is 0 Å². The third-order valence-electron chi connectivity index (χ3n) is 9.90. The Morgan fingerprint density at radius 2 is 1.28 bits per heavy atom. The smallest absolute Gasteiger partial charge is 0.407 e. The van der Waals surface area contributed by atoms with Gasteiger partial charge in [-0.05, 0) is 80.7 Å². The summed E-state index contributed by atoms with van der Waals surface area (Å²) >= 11 is 0. The number of unbranched alkanes of at least 4 members (excludes halogenated alkanes) is 3. The summed E-state index contributed by atoms with van der Waals surface area (Å²) in [7, 11) is 0. The molecule has 0 spiro atoms. The fourth-order valence-corrected chi connectivity index (χ4v) is 6.98. The van der Waals surface area contributed by atoms with Gasteiger partial charge in [0.2, 0.25) is 11.8 Å². The number of hydrogen-bond acceptors (Lipinski definition) is 8. The molecular formula is C46H62N4O8. The molecule has 0 aromatic heterocycles. The number of carbonyl (C=O) groups is 5. The van der Waals surface area contributed by atoms with Crippen molar-refractivity contribution in [2.45, 2.75) is 129 Å². The highest BCUT2D eigenvalue weighted by atomic mass is 16.6. The van der Waals surface area contributed by atoms with E-state index in [0.29, 0.717) is 19.4 Å². The third kappa shape index (κ3) is 14.8. The van der Waals surface area contributed by atoms with Gasteiger partial charge in [0.05, 0.1) is 0 Å². The first-order chi connectivity index (χ1) is 27.9. The van der Waals surface area contributed by atoms with Gasteiger partial charge in [-0.3, -0.25) is 9.59 Å². The molecule has 0 aliphatic heterocycles. The van der Waals surface area contributed by atoms with Crippen LogP contribution in [0.5, 0.6) is 0 Å². The van der Waals surface area contributed by atoms with E-state index < -0.39 is 54.2 Å². The lowest BCUT2D eigenvalue weighted by Crippen LogP contribution is -2.54. The molecular weight excluding hydrogens is 737 g/mol. The maximum absolute atomic E-state index is 14.0. The van der Waals surface area contributed by atoms with E-state index in [2.05, 4.69) is 47.2 Å². The first kappa shape index (κ1) is 45.3. The van der Waals surface area contributed by atoms with Crippen LogP contribution in [0, 0.1) is 0 Å². The minimum absolute atomic E-state index is 0.0901. The van der Waals surface area contributed by atoms with E-state index in [1.807, 2.05) is 66.7 Å². The molecule has 58 heavy (non-hydrogen) atoms. The summed E-state index contributed by atoms with van der Waals surface area (Å²) in [5, 5.41) is 10.9. The summed E-state index contributed by atoms with van der Waals surface area (Å²) < 4.78 is 16.9. The summed E-state index contributed by atoms with van der Waals surface area (Å²) in [6, 6.07) is 23.2. The Hall–Kier alpha value is -5.39. The Morgan fingerprint density at radius 3 is 1.88 bits per heavy atom. The van der Waals surface area contributed by atoms with Gasteiger partial charge in [0, 0.05) is 18.9 Å². The molecule has 4 rings (SSSR count). The maximum Gasteiger partial charge on any atom is 0.407 e. The molecule has 3 aromatic rings. The summed E-state index contributed by atoms with van der Waals surface area (Å²) in [6.45, 7) is 9.51. The van der Waals surface area contributed by atoms with Crippen LogP contribution >= 0.6 is 0 Å². The Morgan fingerprint density at radius 1 is 0.672 bits per heavy atom. The second kappa shape index (κ2) is 23.1. The molecule has 1 aliphatic carbocycles. The molecule has 4 N–H and O–H groups in total. The number of esters is 1. The van der Waals surface area contributed by atoms with Crippen molar-refractivity contribution < 1.29 is 38.2 Å². The molecule has 12 heteroatoms. The van der Waals surface area contributed by atoms with Gasteiger partial charge in [0.25, 0.3) is 0 Å². The van der Waals surface area contributed by atoms with Gasteiger partial charge in [-0.1, -0.05) is 118 Å². The van der Waals surface area contributed by atoms with Crippen molar-refractivity contribution in [3.8, 4) is 11.1 Å². The first-order valence-electron chi connectivity index (χ1n) is 20.8. The molecule has 2 unspecified atom stereocenters. The number of amides is 4. The van der Waals surface area contributed by atoms with Crippen molar-refractivity contribution in [1.82, 2.24) is 21.3 Å². The molecule has 0 saturated heterocycles. The van der Waals surface area contributed by atoms with E-state index in [-0.39, 0.29) is 31.5 Å². The highest BCUT2D eigenvalue weighted by Crippen LogP contribution is 2.44. The molecule has 1 aliphatic rings. The van der Waals surface area contributed by atoms with Gasteiger partial charge in [0.15, 0.2) is 0 Å². The Kier molecular flexibility index (Phi) is 18.1. The summed E-state index contributed by atoms with van der Waals surface area (Å²) in [5.74, 6) is -1.84. The normalized spacial score (nSPS) is 13.1. The first-order valence-corrected chi connectivity index (χ1v) is 20.8. The van der Waals surface area contributed by atoms with E-state index in [4.69, 9.17) is 14.2 Å². The van der Waals surface area contributed by atoms with Crippen LogP contribution in [0.1, 0.15) is 115 Å². The SMILES string of the molecule is CCCCC(CCCC)OC(=O)C(CCCCNC(=O)OC(C)(C)C)NC(=O)C(Cc1ccccc1)NC(=O)CNC(=O)OCC1c2ccccc2-c2ccccc21. The second-order valence-electron chi connectivity index (χ2n) is 15.8. The van der Waals surface area contributed by atoms with Crippen LogP contribution in [-0.4, -0.2) is 73.5 Å². The maximum atomic E-state index is 14.0. The number of fused-ring (bicyclic) bond motifs is 3. The molecule has 2 atom stereocenters. The fourth-order valence-electron chi connectivity index (χ4n) is 6.98. The molecule has 3 aromatic carbocycles. The molecule has 0 heterocycles. The van der Waals surface area contributed by atoms with Gasteiger partial charge in [-0.25, -0.2) is 14.4 Å². The standard InChI is InChI=1S/C46H62N4O8/c1-6-8-21-33(22-9-7-2)57-43(53)39(27-17-18-28-47-45(55)58-46(3,4)5)50-42(52)40(29-32-19-11-10-12-20-32)49-41(51)30-48-44(54)56-31-38-36-25-15-13-23-34(36)35-24-14-16-26-37(35)38/h10-16,19-20,23-26,33,38-40H,6-9,17-18,21-22,27-31H2,1-5H3,(H,47,55)(H,48,54)(H,49,51)(H,50,52).